The van der Waals surface area contributed by atoms with Gasteiger partial charge in [-0.3, -0.25) is 9.79 Å². The third kappa shape index (κ3) is 4.11. The van der Waals surface area contributed by atoms with Gasteiger partial charge >= 0.3 is 0 Å². The summed E-state index contributed by atoms with van der Waals surface area (Å²) >= 11 is 1.75. The van der Waals surface area contributed by atoms with E-state index < -0.39 is 0 Å². The highest BCUT2D eigenvalue weighted by Crippen LogP contribution is 2.34. The molecule has 0 aromatic rings. The van der Waals surface area contributed by atoms with E-state index in [-0.39, 0.29) is 11.9 Å². The van der Waals surface area contributed by atoms with Gasteiger partial charge in [0.15, 0.2) is 5.17 Å². The molecule has 1 saturated carbocycles. The smallest absolute Gasteiger partial charge is 0.242 e. The first-order valence-electron chi connectivity index (χ1n) is 6.94. The van der Waals surface area contributed by atoms with Crippen LogP contribution >= 0.6 is 11.8 Å². The fraction of sp³-hybridized carbons (Fsp3) is 0.846. The lowest BCUT2D eigenvalue weighted by atomic mass is 10.1. The van der Waals surface area contributed by atoms with Gasteiger partial charge in [0, 0.05) is 19.4 Å². The van der Waals surface area contributed by atoms with Crippen LogP contribution in [0.2, 0.25) is 0 Å². The van der Waals surface area contributed by atoms with E-state index >= 15 is 0 Å². The second-order valence-electron chi connectivity index (χ2n) is 5.15. The lowest BCUT2D eigenvalue weighted by molar-refractivity contribution is -0.122. The van der Waals surface area contributed by atoms with Crippen LogP contribution in [-0.2, 0) is 9.53 Å². The van der Waals surface area contributed by atoms with Crippen molar-refractivity contribution < 1.29 is 9.53 Å². The lowest BCUT2D eigenvalue weighted by Crippen LogP contribution is -2.46. The lowest BCUT2D eigenvalue weighted by Gasteiger charge is -2.25. The number of fused-ring (bicyclic) bond motifs is 1. The number of hydrogen-bond donors (Lipinski definition) is 2. The molecule has 1 aliphatic carbocycles. The van der Waals surface area contributed by atoms with Crippen LogP contribution in [0.4, 0.5) is 0 Å². The van der Waals surface area contributed by atoms with E-state index in [2.05, 4.69) is 10.6 Å². The number of rotatable bonds is 5. The molecular weight excluding hydrogens is 262 g/mol. The van der Waals surface area contributed by atoms with Crippen LogP contribution < -0.4 is 10.6 Å². The Hall–Kier alpha value is -0.750. The summed E-state index contributed by atoms with van der Waals surface area (Å²) in [5, 5.41) is 6.98. The van der Waals surface area contributed by atoms with Crippen LogP contribution in [0.1, 0.15) is 26.2 Å². The SMILES string of the molecule is COCCNC(=O)C(C)NC1=NC2CCCC2CS1. The fourth-order valence-electron chi connectivity index (χ4n) is 2.51. The average molecular weight is 285 g/mol. The highest BCUT2D eigenvalue weighted by atomic mass is 32.2. The van der Waals surface area contributed by atoms with Gasteiger partial charge in [-0.1, -0.05) is 18.2 Å². The number of amides is 1. The molecule has 0 bridgehead atoms. The fourth-order valence-corrected chi connectivity index (χ4v) is 3.75. The van der Waals surface area contributed by atoms with Gasteiger partial charge in [-0.2, -0.15) is 0 Å². The standard InChI is InChI=1S/C13H23N3O2S/c1-9(12(17)14-6-7-18-2)15-13-16-11-5-3-4-10(11)8-19-13/h9-11H,3-8H2,1-2H3,(H,14,17)(H,15,16). The molecule has 1 heterocycles. The highest BCUT2D eigenvalue weighted by molar-refractivity contribution is 8.13. The number of methoxy groups -OCH3 is 1. The van der Waals surface area contributed by atoms with E-state index in [9.17, 15) is 4.79 Å². The monoisotopic (exact) mass is 285 g/mol. The number of hydrogen-bond acceptors (Lipinski definition) is 5. The minimum absolute atomic E-state index is 0.00565. The zero-order chi connectivity index (χ0) is 13.7. The van der Waals surface area contributed by atoms with Crippen molar-refractivity contribution in [3.8, 4) is 0 Å². The molecule has 2 N–H and O–H groups in total. The molecule has 2 aliphatic rings. The molecule has 2 rings (SSSR count). The topological polar surface area (TPSA) is 62.7 Å². The molecule has 6 heteroatoms. The van der Waals surface area contributed by atoms with E-state index in [1.807, 2.05) is 6.92 Å². The summed E-state index contributed by atoms with van der Waals surface area (Å²) in [4.78, 5) is 16.6. The van der Waals surface area contributed by atoms with Gasteiger partial charge in [-0.15, -0.1) is 0 Å². The summed E-state index contributed by atoms with van der Waals surface area (Å²) in [6, 6.07) is 0.230. The van der Waals surface area contributed by atoms with E-state index in [4.69, 9.17) is 9.73 Å². The molecule has 1 amide bonds. The number of thioether (sulfide) groups is 1. The van der Waals surface area contributed by atoms with Crippen molar-refractivity contribution in [2.45, 2.75) is 38.3 Å². The van der Waals surface area contributed by atoms with Gasteiger partial charge in [0.25, 0.3) is 0 Å². The minimum atomic E-state index is -0.249. The summed E-state index contributed by atoms with van der Waals surface area (Å²) in [6.45, 7) is 2.95. The molecule has 3 atom stereocenters. The van der Waals surface area contributed by atoms with Gasteiger partial charge in [-0.05, 0) is 25.7 Å². The molecule has 5 nitrogen and oxygen atoms in total. The van der Waals surface area contributed by atoms with Gasteiger partial charge in [0.05, 0.1) is 12.6 Å². The van der Waals surface area contributed by atoms with Crippen molar-refractivity contribution in [3.63, 3.8) is 0 Å². The Morgan fingerprint density at radius 2 is 2.42 bits per heavy atom. The second kappa shape index (κ2) is 7.14. The van der Waals surface area contributed by atoms with Crippen LogP contribution in [0.5, 0.6) is 0 Å². The molecule has 0 spiro atoms. The number of amidine groups is 1. The zero-order valence-corrected chi connectivity index (χ0v) is 12.5. The van der Waals surface area contributed by atoms with Crippen LogP contribution in [0.15, 0.2) is 4.99 Å². The molecule has 1 fully saturated rings. The molecule has 0 aromatic carbocycles. The second-order valence-corrected chi connectivity index (χ2v) is 6.16. The minimum Gasteiger partial charge on any atom is -0.383 e. The Bertz CT molecular complexity index is 349. The first kappa shape index (κ1) is 14.7. The largest absolute Gasteiger partial charge is 0.383 e. The Labute approximate surface area is 119 Å². The zero-order valence-electron chi connectivity index (χ0n) is 11.6. The third-order valence-corrected chi connectivity index (χ3v) is 4.77. The van der Waals surface area contributed by atoms with Gasteiger partial charge in [0.2, 0.25) is 5.91 Å². The molecule has 0 radical (unpaired) electrons. The Morgan fingerprint density at radius 3 is 3.21 bits per heavy atom. The number of nitrogens with one attached hydrogen (secondary N) is 2. The molecule has 0 aromatic heterocycles. The van der Waals surface area contributed by atoms with Gasteiger partial charge in [-0.25, -0.2) is 0 Å². The maximum Gasteiger partial charge on any atom is 0.242 e. The third-order valence-electron chi connectivity index (χ3n) is 3.67. The number of carbonyl (C=O) groups is 1. The summed E-state index contributed by atoms with van der Waals surface area (Å²) in [5.41, 5.74) is 0. The van der Waals surface area contributed by atoms with Crippen LogP contribution in [0.3, 0.4) is 0 Å². The molecule has 0 saturated heterocycles. The van der Waals surface area contributed by atoms with Crippen molar-refractivity contribution in [2.24, 2.45) is 10.9 Å². The van der Waals surface area contributed by atoms with Crippen molar-refractivity contribution in [1.29, 1.82) is 0 Å². The Kier molecular flexibility index (Phi) is 5.51. The molecule has 1 aliphatic heterocycles. The maximum absolute atomic E-state index is 11.8. The van der Waals surface area contributed by atoms with Crippen LogP contribution in [0.25, 0.3) is 0 Å². The quantitative estimate of drug-likeness (QED) is 0.740. The van der Waals surface area contributed by atoms with E-state index in [1.165, 1.54) is 19.3 Å². The van der Waals surface area contributed by atoms with Crippen LogP contribution in [-0.4, -0.2) is 49.2 Å². The maximum atomic E-state index is 11.8. The number of aliphatic imine (C=N–C) groups is 1. The predicted molar refractivity (Wildman–Crippen MR) is 78.5 cm³/mol. The predicted octanol–water partition coefficient (Wildman–Crippen LogP) is 0.999. The van der Waals surface area contributed by atoms with Crippen molar-refractivity contribution in [2.75, 3.05) is 26.0 Å². The summed E-state index contributed by atoms with van der Waals surface area (Å²) in [7, 11) is 1.62. The summed E-state index contributed by atoms with van der Waals surface area (Å²) in [6.07, 6.45) is 3.80. The van der Waals surface area contributed by atoms with Crippen molar-refractivity contribution >= 4 is 22.8 Å². The van der Waals surface area contributed by atoms with Crippen molar-refractivity contribution in [1.82, 2.24) is 10.6 Å². The summed E-state index contributed by atoms with van der Waals surface area (Å²) in [5.74, 6) is 1.88. The molecular formula is C13H23N3O2S. The highest BCUT2D eigenvalue weighted by Gasteiger charge is 2.31. The van der Waals surface area contributed by atoms with E-state index in [0.717, 1.165) is 16.8 Å². The first-order chi connectivity index (χ1) is 9.20. The number of ether oxygens (including phenoxy) is 1. The van der Waals surface area contributed by atoms with Crippen molar-refractivity contribution in [3.05, 3.63) is 0 Å². The molecule has 108 valence electrons. The van der Waals surface area contributed by atoms with Gasteiger partial charge < -0.3 is 15.4 Å². The number of carbonyl (C=O) groups excluding carboxylic acids is 1. The summed E-state index contributed by atoms with van der Waals surface area (Å²) < 4.78 is 4.91. The molecule has 3 unspecified atom stereocenters. The first-order valence-corrected chi connectivity index (χ1v) is 7.93. The average Bonchev–Trinajstić information content (AvgIpc) is 2.86. The normalized spacial score (nSPS) is 27.4. The van der Waals surface area contributed by atoms with Crippen LogP contribution in [0, 0.1) is 5.92 Å². The van der Waals surface area contributed by atoms with Gasteiger partial charge in [0.1, 0.15) is 6.04 Å². The van der Waals surface area contributed by atoms with E-state index in [1.54, 1.807) is 18.9 Å². The number of nitrogens with zero attached hydrogens (tertiary/aromatic N) is 1. The Morgan fingerprint density at radius 1 is 1.58 bits per heavy atom. The van der Waals surface area contributed by atoms with E-state index in [0.29, 0.717) is 19.2 Å². The molecule has 19 heavy (non-hydrogen) atoms. The Balaban J connectivity index is 1.78.